The van der Waals surface area contributed by atoms with Gasteiger partial charge in [0.25, 0.3) is 0 Å². The smallest absolute Gasteiger partial charge is 0.326 e. The largest absolute Gasteiger partial charge is 0.497 e. The van der Waals surface area contributed by atoms with Crippen LogP contribution in [0.25, 0.3) is 12.2 Å². The topological polar surface area (TPSA) is 83.1 Å². The predicted octanol–water partition coefficient (Wildman–Crippen LogP) is 6.19. The monoisotopic (exact) mass is 609 g/mol. The van der Waals surface area contributed by atoms with Crippen molar-refractivity contribution in [1.82, 2.24) is 5.32 Å². The third-order valence-electron chi connectivity index (χ3n) is 7.80. The van der Waals surface area contributed by atoms with Crippen molar-refractivity contribution in [2.75, 3.05) is 35.0 Å². The zero-order chi connectivity index (χ0) is 33.1. The molecule has 2 atom stereocenters. The Hall–Kier alpha value is -4.40. The predicted molar refractivity (Wildman–Crippen MR) is 184 cm³/mol. The molecule has 0 aliphatic heterocycles. The number of hydrogen-bond acceptors (Lipinski definition) is 7. The molecule has 0 heterocycles. The Morgan fingerprint density at radius 1 is 0.800 bits per heavy atom. The Morgan fingerprint density at radius 3 is 1.96 bits per heavy atom. The molecule has 0 bridgehead atoms. The van der Waals surface area contributed by atoms with E-state index < -0.39 is 12.0 Å². The summed E-state index contributed by atoms with van der Waals surface area (Å²) in [5, 5.41) is 3.43. The molecule has 3 rings (SSSR count). The van der Waals surface area contributed by atoms with Crippen molar-refractivity contribution >= 4 is 36.1 Å². The van der Waals surface area contributed by atoms with E-state index in [2.05, 4.69) is 11.9 Å². The second-order valence-electron chi connectivity index (χ2n) is 11.1. The fourth-order valence-corrected chi connectivity index (χ4v) is 4.95. The molecule has 0 aliphatic rings. The molecule has 1 N–H and O–H groups in total. The number of carbonyl (C=O) groups excluding carboxylic acids is 2. The average molecular weight is 610 g/mol. The van der Waals surface area contributed by atoms with Crippen molar-refractivity contribution in [1.29, 1.82) is 0 Å². The average Bonchev–Trinajstić information content (AvgIpc) is 3.04. The van der Waals surface area contributed by atoms with Crippen molar-refractivity contribution in [3.63, 3.8) is 0 Å². The molecule has 45 heavy (non-hydrogen) atoms. The Bertz CT molecular complexity index is 1580. The number of aryl methyl sites for hydroxylation is 2. The lowest BCUT2D eigenvalue weighted by Gasteiger charge is -2.27. The van der Waals surface area contributed by atoms with Crippen LogP contribution in [0.15, 0.2) is 78.9 Å². The second kappa shape index (κ2) is 16.6. The zero-order valence-corrected chi connectivity index (χ0v) is 27.6. The first-order valence-electron chi connectivity index (χ1n) is 14.8. The van der Waals surface area contributed by atoms with Crippen LogP contribution in [0, 0.1) is 19.8 Å². The summed E-state index contributed by atoms with van der Waals surface area (Å²) in [6.07, 6.45) is 6.37. The maximum atomic E-state index is 14.1. The SMILES string of the molecule is C=C(C)CNC(c1ccc(B(C)OC)c(OC)c1)C(C(=O)/C=C/c1ccc(C)c(C)c1)C(=O)/C=C/c1ccc(OC)c(OC)c1. The highest BCUT2D eigenvalue weighted by Crippen LogP contribution is 2.30. The number of benzene rings is 3. The van der Waals surface area contributed by atoms with Gasteiger partial charge in [0.15, 0.2) is 23.1 Å². The molecule has 0 saturated carbocycles. The first-order chi connectivity index (χ1) is 21.5. The van der Waals surface area contributed by atoms with Crippen LogP contribution in [-0.4, -0.2) is 53.5 Å². The van der Waals surface area contributed by atoms with Gasteiger partial charge in [0.05, 0.1) is 21.3 Å². The van der Waals surface area contributed by atoms with E-state index in [9.17, 15) is 9.59 Å². The molecule has 8 heteroatoms. The Kier molecular flexibility index (Phi) is 13.0. The number of hydrogen-bond donors (Lipinski definition) is 1. The van der Waals surface area contributed by atoms with Gasteiger partial charge < -0.3 is 24.2 Å². The van der Waals surface area contributed by atoms with E-state index in [1.54, 1.807) is 52.7 Å². The van der Waals surface area contributed by atoms with Gasteiger partial charge in [-0.2, -0.15) is 0 Å². The van der Waals surface area contributed by atoms with Crippen LogP contribution >= 0.6 is 0 Å². The summed E-state index contributed by atoms with van der Waals surface area (Å²) in [7, 11) is 6.34. The van der Waals surface area contributed by atoms with Gasteiger partial charge in [0.2, 0.25) is 0 Å². The maximum Gasteiger partial charge on any atom is 0.326 e. The minimum Gasteiger partial charge on any atom is -0.497 e. The number of ether oxygens (including phenoxy) is 3. The fourth-order valence-electron chi connectivity index (χ4n) is 4.95. The highest BCUT2D eigenvalue weighted by atomic mass is 16.5. The summed E-state index contributed by atoms with van der Waals surface area (Å²) >= 11 is 0. The van der Waals surface area contributed by atoms with Gasteiger partial charge in [-0.15, -0.1) is 0 Å². The number of methoxy groups -OCH3 is 3. The molecule has 0 aliphatic carbocycles. The molecule has 7 nitrogen and oxygen atoms in total. The highest BCUT2D eigenvalue weighted by Gasteiger charge is 2.34. The van der Waals surface area contributed by atoms with E-state index in [0.29, 0.717) is 23.8 Å². The van der Waals surface area contributed by atoms with E-state index >= 15 is 0 Å². The van der Waals surface area contributed by atoms with Crippen LogP contribution in [0.1, 0.15) is 40.8 Å². The van der Waals surface area contributed by atoms with Crippen LogP contribution in [0.4, 0.5) is 0 Å². The fraction of sp³-hybridized carbons (Fsp3) is 0.297. The normalized spacial score (nSPS) is 12.6. The molecule has 3 aromatic carbocycles. The zero-order valence-electron chi connectivity index (χ0n) is 27.6. The number of nitrogens with one attached hydrogen (secondary N) is 1. The summed E-state index contributed by atoms with van der Waals surface area (Å²) in [5.41, 5.74) is 6.34. The van der Waals surface area contributed by atoms with Crippen LogP contribution in [0.5, 0.6) is 17.2 Å². The summed E-state index contributed by atoms with van der Waals surface area (Å²) in [6, 6.07) is 16.3. The number of carbonyl (C=O) groups is 2. The van der Waals surface area contributed by atoms with Crippen molar-refractivity contribution in [3.8, 4) is 17.2 Å². The van der Waals surface area contributed by atoms with Crippen LogP contribution in [0.3, 0.4) is 0 Å². The molecule has 0 amide bonds. The van der Waals surface area contributed by atoms with Crippen molar-refractivity contribution in [2.45, 2.75) is 33.6 Å². The molecule has 0 fully saturated rings. The van der Waals surface area contributed by atoms with Gasteiger partial charge in [-0.25, -0.2) is 0 Å². The summed E-state index contributed by atoms with van der Waals surface area (Å²) in [6.45, 7) is 12.1. The third kappa shape index (κ3) is 9.30. The lowest BCUT2D eigenvalue weighted by Crippen LogP contribution is -2.38. The number of rotatable bonds is 16. The van der Waals surface area contributed by atoms with E-state index in [1.807, 2.05) is 70.1 Å². The van der Waals surface area contributed by atoms with E-state index in [1.165, 1.54) is 12.2 Å². The van der Waals surface area contributed by atoms with Gasteiger partial charge in [0.1, 0.15) is 11.7 Å². The summed E-state index contributed by atoms with van der Waals surface area (Å²) < 4.78 is 22.0. The lowest BCUT2D eigenvalue weighted by molar-refractivity contribution is -0.128. The molecule has 3 aromatic rings. The molecular formula is C37H44BNO6. The van der Waals surface area contributed by atoms with Gasteiger partial charge in [-0.05, 0) is 84.4 Å². The first kappa shape index (κ1) is 35.1. The highest BCUT2D eigenvalue weighted by molar-refractivity contribution is 6.67. The Morgan fingerprint density at radius 2 is 1.40 bits per heavy atom. The minimum atomic E-state index is -1.08. The maximum absolute atomic E-state index is 14.1. The van der Waals surface area contributed by atoms with Crippen LogP contribution in [-0.2, 0) is 14.2 Å². The summed E-state index contributed by atoms with van der Waals surface area (Å²) in [5.74, 6) is -0.0489. The Labute approximate surface area is 268 Å². The third-order valence-corrected chi connectivity index (χ3v) is 7.80. The van der Waals surface area contributed by atoms with Crippen LogP contribution in [0.2, 0.25) is 6.82 Å². The van der Waals surface area contributed by atoms with Crippen molar-refractivity contribution < 1.29 is 28.5 Å². The molecule has 0 radical (unpaired) electrons. The van der Waals surface area contributed by atoms with Crippen LogP contribution < -0.4 is 25.0 Å². The Balaban J connectivity index is 2.11. The van der Waals surface area contributed by atoms with E-state index in [0.717, 1.165) is 38.9 Å². The molecule has 0 aromatic heterocycles. The molecular weight excluding hydrogens is 565 g/mol. The number of ketones is 2. The first-order valence-corrected chi connectivity index (χ1v) is 14.8. The number of allylic oxidation sites excluding steroid dienone is 2. The van der Waals surface area contributed by atoms with E-state index in [4.69, 9.17) is 18.9 Å². The van der Waals surface area contributed by atoms with E-state index in [-0.39, 0.29) is 18.5 Å². The van der Waals surface area contributed by atoms with Gasteiger partial charge in [-0.3, -0.25) is 9.59 Å². The molecule has 2 unspecified atom stereocenters. The van der Waals surface area contributed by atoms with Gasteiger partial charge in [0, 0.05) is 19.7 Å². The lowest BCUT2D eigenvalue weighted by atomic mass is 9.63. The quantitative estimate of drug-likeness (QED) is 0.0898. The van der Waals surface area contributed by atoms with Crippen molar-refractivity contribution in [3.05, 3.63) is 107 Å². The summed E-state index contributed by atoms with van der Waals surface area (Å²) in [4.78, 5) is 28.1. The standard InChI is InChI=1S/C37H44BNO6/c1-24(2)23-39-37(29-15-16-30(38(5)45-9)34(22-29)43-7)36(31(40)17-12-27-11-10-25(3)26(4)20-27)32(41)18-13-28-14-19-33(42-6)35(21-28)44-8/h10-22,36-37,39H,1,23H2,2-9H3/b17-12+,18-13+. The van der Waals surface area contributed by atoms with Crippen molar-refractivity contribution in [2.24, 2.45) is 5.92 Å². The van der Waals surface area contributed by atoms with Gasteiger partial charge in [-0.1, -0.05) is 67.5 Å². The molecule has 0 spiro atoms. The van der Waals surface area contributed by atoms with Gasteiger partial charge >= 0.3 is 6.92 Å². The second-order valence-corrected chi connectivity index (χ2v) is 11.1. The molecule has 236 valence electrons. The molecule has 0 saturated heterocycles. The minimum absolute atomic E-state index is 0.208.